The zero-order chi connectivity index (χ0) is 20.8. The molecule has 0 aliphatic heterocycles. The maximum Gasteiger partial charge on any atom is 0.131 e. The quantitative estimate of drug-likeness (QED) is 0.450. The molecule has 1 aromatic heterocycles. The van der Waals surface area contributed by atoms with Crippen LogP contribution in [-0.4, -0.2) is 9.97 Å². The fourth-order valence-electron chi connectivity index (χ4n) is 7.17. The largest absolute Gasteiger partial charge is 0.241 e. The molecular formula is C28H46N2. The van der Waals surface area contributed by atoms with E-state index in [9.17, 15) is 0 Å². The van der Waals surface area contributed by atoms with Crippen LogP contribution in [0, 0.1) is 23.7 Å². The lowest BCUT2D eigenvalue weighted by molar-refractivity contribution is 0.156. The molecule has 4 rings (SSSR count). The average molecular weight is 411 g/mol. The first-order valence-electron chi connectivity index (χ1n) is 13.6. The van der Waals surface area contributed by atoms with E-state index in [1.54, 1.807) is 0 Å². The van der Waals surface area contributed by atoms with Gasteiger partial charge in [0.15, 0.2) is 0 Å². The Morgan fingerprint density at radius 3 is 1.53 bits per heavy atom. The summed E-state index contributed by atoms with van der Waals surface area (Å²) in [5, 5.41) is 0. The van der Waals surface area contributed by atoms with E-state index < -0.39 is 0 Å². The summed E-state index contributed by atoms with van der Waals surface area (Å²) in [6.45, 7) is 4.67. The predicted molar refractivity (Wildman–Crippen MR) is 127 cm³/mol. The molecule has 0 unspecified atom stereocenters. The molecule has 168 valence electrons. The second kappa shape index (κ2) is 11.1. The minimum Gasteiger partial charge on any atom is -0.241 e. The Bertz CT molecular complexity index is 600. The van der Waals surface area contributed by atoms with Crippen molar-refractivity contribution in [2.75, 3.05) is 0 Å². The first-order valence-corrected chi connectivity index (χ1v) is 13.6. The molecule has 2 nitrogen and oxygen atoms in total. The second-order valence-corrected chi connectivity index (χ2v) is 11.1. The molecule has 3 saturated carbocycles. The monoisotopic (exact) mass is 410 g/mol. The molecule has 0 aromatic carbocycles. The Morgan fingerprint density at radius 2 is 1.03 bits per heavy atom. The highest BCUT2D eigenvalue weighted by Crippen LogP contribution is 2.44. The lowest BCUT2D eigenvalue weighted by Gasteiger charge is -2.38. The standard InChI is InChI=1S/C28H46N2/c1-3-5-21-7-11-23(12-8-21)24-15-17-25(18-16-24)27-19-29-28(30-20-27)26-13-9-22(6-4-2)10-14-26/h19-26H,3-18H2,1-2H3/t21-,22-,23-,24-,25-,26-. The third-order valence-electron chi connectivity index (χ3n) is 9.10. The van der Waals surface area contributed by atoms with Crippen LogP contribution in [0.3, 0.4) is 0 Å². The van der Waals surface area contributed by atoms with Crippen LogP contribution in [0.1, 0.15) is 140 Å². The Morgan fingerprint density at radius 1 is 0.600 bits per heavy atom. The average Bonchev–Trinajstić information content (AvgIpc) is 2.81. The van der Waals surface area contributed by atoms with E-state index >= 15 is 0 Å². The molecule has 3 aliphatic rings. The van der Waals surface area contributed by atoms with Crippen molar-refractivity contribution in [1.29, 1.82) is 0 Å². The van der Waals surface area contributed by atoms with E-state index in [0.717, 1.165) is 29.5 Å². The lowest BCUT2D eigenvalue weighted by atomic mass is 9.68. The minimum atomic E-state index is 0.616. The smallest absolute Gasteiger partial charge is 0.131 e. The molecule has 0 radical (unpaired) electrons. The summed E-state index contributed by atoms with van der Waals surface area (Å²) >= 11 is 0. The number of aromatic nitrogens is 2. The number of nitrogens with zero attached hydrogens (tertiary/aromatic N) is 2. The molecule has 0 spiro atoms. The molecular weight excluding hydrogens is 364 g/mol. The fraction of sp³-hybridized carbons (Fsp3) is 0.857. The third-order valence-corrected chi connectivity index (χ3v) is 9.10. The Kier molecular flexibility index (Phi) is 8.24. The summed E-state index contributed by atoms with van der Waals surface area (Å²) in [5.41, 5.74) is 1.42. The van der Waals surface area contributed by atoms with Gasteiger partial charge in [0.2, 0.25) is 0 Å². The molecule has 2 heteroatoms. The van der Waals surface area contributed by atoms with Crippen molar-refractivity contribution >= 4 is 0 Å². The normalized spacial score (nSPS) is 35.3. The van der Waals surface area contributed by atoms with Crippen LogP contribution in [-0.2, 0) is 0 Å². The van der Waals surface area contributed by atoms with Crippen LogP contribution in [0.25, 0.3) is 0 Å². The predicted octanol–water partition coefficient (Wildman–Crippen LogP) is 8.43. The molecule has 0 N–H and O–H groups in total. The molecule has 0 bridgehead atoms. The lowest BCUT2D eigenvalue weighted by Crippen LogP contribution is -2.25. The van der Waals surface area contributed by atoms with Crippen molar-refractivity contribution in [2.45, 2.75) is 128 Å². The van der Waals surface area contributed by atoms with Crippen LogP contribution >= 0.6 is 0 Å². The second-order valence-electron chi connectivity index (χ2n) is 11.1. The topological polar surface area (TPSA) is 25.8 Å². The zero-order valence-corrected chi connectivity index (χ0v) is 19.8. The minimum absolute atomic E-state index is 0.616. The van der Waals surface area contributed by atoms with Gasteiger partial charge >= 0.3 is 0 Å². The molecule has 1 aromatic rings. The molecule has 0 amide bonds. The SMILES string of the molecule is CCC[C@H]1CC[C@H](c2ncc([C@H]3CC[C@H]([C@H]4CC[C@H](CCC)CC4)CC3)cn2)CC1. The van der Waals surface area contributed by atoms with Crippen LogP contribution in [0.5, 0.6) is 0 Å². The van der Waals surface area contributed by atoms with Gasteiger partial charge < -0.3 is 0 Å². The fourth-order valence-corrected chi connectivity index (χ4v) is 7.17. The molecule has 30 heavy (non-hydrogen) atoms. The van der Waals surface area contributed by atoms with Crippen LogP contribution in [0.4, 0.5) is 0 Å². The van der Waals surface area contributed by atoms with Crippen LogP contribution < -0.4 is 0 Å². The number of hydrogen-bond acceptors (Lipinski definition) is 2. The van der Waals surface area contributed by atoms with Crippen molar-refractivity contribution in [3.05, 3.63) is 23.8 Å². The highest BCUT2D eigenvalue weighted by molar-refractivity contribution is 5.14. The van der Waals surface area contributed by atoms with Gasteiger partial charge in [0, 0.05) is 18.3 Å². The highest BCUT2D eigenvalue weighted by atomic mass is 14.9. The van der Waals surface area contributed by atoms with Gasteiger partial charge in [-0.15, -0.1) is 0 Å². The number of hydrogen-bond donors (Lipinski definition) is 0. The van der Waals surface area contributed by atoms with Gasteiger partial charge in [-0.05, 0) is 99.4 Å². The summed E-state index contributed by atoms with van der Waals surface area (Å²) in [4.78, 5) is 9.74. The van der Waals surface area contributed by atoms with E-state index in [0.29, 0.717) is 11.8 Å². The van der Waals surface area contributed by atoms with E-state index in [4.69, 9.17) is 9.97 Å². The van der Waals surface area contributed by atoms with Crippen molar-refractivity contribution in [3.63, 3.8) is 0 Å². The van der Waals surface area contributed by atoms with Crippen molar-refractivity contribution in [2.24, 2.45) is 23.7 Å². The van der Waals surface area contributed by atoms with Crippen LogP contribution in [0.15, 0.2) is 12.4 Å². The Labute approximate surface area is 186 Å². The molecule has 0 atom stereocenters. The summed E-state index contributed by atoms with van der Waals surface area (Å²) in [6, 6.07) is 0. The zero-order valence-electron chi connectivity index (χ0n) is 19.8. The van der Waals surface area contributed by atoms with Gasteiger partial charge in [-0.25, -0.2) is 9.97 Å². The van der Waals surface area contributed by atoms with E-state index in [2.05, 4.69) is 26.2 Å². The van der Waals surface area contributed by atoms with Gasteiger partial charge in [-0.3, -0.25) is 0 Å². The van der Waals surface area contributed by atoms with E-state index in [1.807, 2.05) is 0 Å². The first-order chi connectivity index (χ1) is 14.8. The highest BCUT2D eigenvalue weighted by Gasteiger charge is 2.31. The van der Waals surface area contributed by atoms with Gasteiger partial charge in [0.05, 0.1) is 0 Å². The maximum atomic E-state index is 4.87. The number of rotatable bonds is 7. The molecule has 1 heterocycles. The summed E-state index contributed by atoms with van der Waals surface area (Å²) in [6.07, 6.45) is 27.0. The molecule has 3 fully saturated rings. The summed E-state index contributed by atoms with van der Waals surface area (Å²) < 4.78 is 0. The molecule has 3 aliphatic carbocycles. The van der Waals surface area contributed by atoms with Crippen molar-refractivity contribution in [1.82, 2.24) is 9.97 Å². The summed E-state index contributed by atoms with van der Waals surface area (Å²) in [5.74, 6) is 6.49. The van der Waals surface area contributed by atoms with E-state index in [-0.39, 0.29) is 0 Å². The Hall–Kier alpha value is -0.920. The van der Waals surface area contributed by atoms with Gasteiger partial charge in [0.25, 0.3) is 0 Å². The molecule has 0 saturated heterocycles. The van der Waals surface area contributed by atoms with E-state index in [1.165, 1.54) is 108 Å². The Balaban J connectivity index is 1.23. The van der Waals surface area contributed by atoms with Gasteiger partial charge in [-0.1, -0.05) is 52.4 Å². The van der Waals surface area contributed by atoms with Crippen molar-refractivity contribution in [3.8, 4) is 0 Å². The van der Waals surface area contributed by atoms with Gasteiger partial charge in [-0.2, -0.15) is 0 Å². The van der Waals surface area contributed by atoms with Gasteiger partial charge in [0.1, 0.15) is 5.82 Å². The first kappa shape index (κ1) is 22.3. The van der Waals surface area contributed by atoms with Crippen molar-refractivity contribution < 1.29 is 0 Å². The van der Waals surface area contributed by atoms with Crippen LogP contribution in [0.2, 0.25) is 0 Å². The maximum absolute atomic E-state index is 4.87. The summed E-state index contributed by atoms with van der Waals surface area (Å²) in [7, 11) is 0. The third kappa shape index (κ3) is 5.65.